The van der Waals surface area contributed by atoms with Crippen LogP contribution in [0.15, 0.2) is 24.5 Å². The number of hydrogen-bond acceptors (Lipinski definition) is 4. The number of rotatable bonds is 6. The highest BCUT2D eigenvalue weighted by molar-refractivity contribution is 5.93. The molecule has 8 heteroatoms. The second kappa shape index (κ2) is 7.47. The highest BCUT2D eigenvalue weighted by Gasteiger charge is 2.33. The average Bonchev–Trinajstić information content (AvgIpc) is 2.94. The summed E-state index contributed by atoms with van der Waals surface area (Å²) in [6.45, 7) is 3.47. The van der Waals surface area contributed by atoms with Crippen LogP contribution in [0.1, 0.15) is 38.2 Å². The summed E-state index contributed by atoms with van der Waals surface area (Å²) in [6, 6.07) is 2.87. The van der Waals surface area contributed by atoms with Crippen LogP contribution in [0.25, 0.3) is 10.9 Å². The lowest BCUT2D eigenvalue weighted by Gasteiger charge is -2.18. The van der Waals surface area contributed by atoms with Gasteiger partial charge in [-0.2, -0.15) is 13.2 Å². The predicted octanol–water partition coefficient (Wildman–Crippen LogP) is 3.85. The van der Waals surface area contributed by atoms with Crippen molar-refractivity contribution in [2.24, 2.45) is 0 Å². The van der Waals surface area contributed by atoms with Gasteiger partial charge in [0, 0.05) is 18.5 Å². The Morgan fingerprint density at radius 2 is 2.08 bits per heavy atom. The minimum absolute atomic E-state index is 0.0279. The SMILES string of the molecule is CCCCCN1CC[C@H](Nc2ncnc3ccc(C(F)(F)F)cc23)C1=O. The highest BCUT2D eigenvalue weighted by Crippen LogP contribution is 2.33. The molecule has 0 bridgehead atoms. The third kappa shape index (κ3) is 3.89. The molecule has 1 N–H and O–H groups in total. The molecule has 0 saturated carbocycles. The summed E-state index contributed by atoms with van der Waals surface area (Å²) >= 11 is 0. The van der Waals surface area contributed by atoms with Gasteiger partial charge >= 0.3 is 6.18 Å². The molecule has 0 spiro atoms. The van der Waals surface area contributed by atoms with E-state index in [2.05, 4.69) is 22.2 Å². The van der Waals surface area contributed by atoms with Gasteiger partial charge in [0.1, 0.15) is 18.2 Å². The predicted molar refractivity (Wildman–Crippen MR) is 92.7 cm³/mol. The molecule has 1 amide bonds. The van der Waals surface area contributed by atoms with E-state index in [9.17, 15) is 18.0 Å². The second-order valence-electron chi connectivity index (χ2n) is 6.47. The minimum atomic E-state index is -4.44. The molecule has 140 valence electrons. The van der Waals surface area contributed by atoms with E-state index in [4.69, 9.17) is 0 Å². The van der Waals surface area contributed by atoms with Crippen LogP contribution in [0.4, 0.5) is 19.0 Å². The molecule has 1 aliphatic rings. The van der Waals surface area contributed by atoms with Gasteiger partial charge in [-0.25, -0.2) is 9.97 Å². The van der Waals surface area contributed by atoms with E-state index in [1.165, 1.54) is 12.4 Å². The fraction of sp³-hybridized carbons (Fsp3) is 0.500. The zero-order chi connectivity index (χ0) is 18.7. The number of fused-ring (bicyclic) bond motifs is 1. The van der Waals surface area contributed by atoms with Crippen molar-refractivity contribution in [3.8, 4) is 0 Å². The first-order valence-electron chi connectivity index (χ1n) is 8.77. The zero-order valence-electron chi connectivity index (χ0n) is 14.5. The van der Waals surface area contributed by atoms with E-state index in [-0.39, 0.29) is 17.1 Å². The molecular weight excluding hydrogens is 345 g/mol. The molecule has 5 nitrogen and oxygen atoms in total. The van der Waals surface area contributed by atoms with Gasteiger partial charge in [0.15, 0.2) is 0 Å². The van der Waals surface area contributed by atoms with Crippen LogP contribution in [-0.4, -0.2) is 39.9 Å². The molecule has 26 heavy (non-hydrogen) atoms. The Morgan fingerprint density at radius 3 is 2.81 bits per heavy atom. The van der Waals surface area contributed by atoms with Crippen molar-refractivity contribution in [1.82, 2.24) is 14.9 Å². The van der Waals surface area contributed by atoms with Crippen molar-refractivity contribution >= 4 is 22.6 Å². The number of amides is 1. The Balaban J connectivity index is 1.79. The standard InChI is InChI=1S/C18H21F3N4O/c1-2-3-4-8-25-9-7-15(17(25)26)24-16-13-10-12(18(19,20)21)5-6-14(13)22-11-23-16/h5-6,10-11,15H,2-4,7-9H2,1H3,(H,22,23,24)/t15-/m0/s1. The van der Waals surface area contributed by atoms with E-state index in [0.29, 0.717) is 25.0 Å². The Morgan fingerprint density at radius 1 is 1.27 bits per heavy atom. The topological polar surface area (TPSA) is 58.1 Å². The molecule has 3 rings (SSSR count). The minimum Gasteiger partial charge on any atom is -0.358 e. The van der Waals surface area contributed by atoms with Crippen LogP contribution >= 0.6 is 0 Å². The first-order valence-corrected chi connectivity index (χ1v) is 8.77. The van der Waals surface area contributed by atoms with Crippen molar-refractivity contribution in [3.05, 3.63) is 30.1 Å². The molecule has 2 aromatic rings. The van der Waals surface area contributed by atoms with E-state index in [0.717, 1.165) is 31.4 Å². The molecule has 1 fully saturated rings. The molecular formula is C18H21F3N4O. The number of anilines is 1. The van der Waals surface area contributed by atoms with Gasteiger partial charge < -0.3 is 10.2 Å². The summed E-state index contributed by atoms with van der Waals surface area (Å²) in [5.41, 5.74) is -0.359. The second-order valence-corrected chi connectivity index (χ2v) is 6.47. The maximum Gasteiger partial charge on any atom is 0.416 e. The lowest BCUT2D eigenvalue weighted by molar-refractivity contribution is -0.137. The third-order valence-electron chi connectivity index (χ3n) is 4.60. The normalized spacial score (nSPS) is 17.9. The molecule has 1 aliphatic heterocycles. The van der Waals surface area contributed by atoms with Crippen LogP contribution in [-0.2, 0) is 11.0 Å². The summed E-state index contributed by atoms with van der Waals surface area (Å²) in [5.74, 6) is 0.231. The fourth-order valence-corrected chi connectivity index (χ4v) is 3.16. The number of aromatic nitrogens is 2. The number of alkyl halides is 3. The van der Waals surface area contributed by atoms with Gasteiger partial charge in [-0.1, -0.05) is 19.8 Å². The number of nitrogens with zero attached hydrogens (tertiary/aromatic N) is 3. The lowest BCUT2D eigenvalue weighted by Crippen LogP contribution is -2.34. The smallest absolute Gasteiger partial charge is 0.358 e. The summed E-state index contributed by atoms with van der Waals surface area (Å²) in [4.78, 5) is 22.4. The summed E-state index contributed by atoms with van der Waals surface area (Å²) in [6.07, 6.45) is 0.559. The van der Waals surface area contributed by atoms with Gasteiger partial charge in [0.2, 0.25) is 5.91 Å². The number of benzene rings is 1. The summed E-state index contributed by atoms with van der Waals surface area (Å²) < 4.78 is 39.0. The highest BCUT2D eigenvalue weighted by atomic mass is 19.4. The van der Waals surface area contributed by atoms with Crippen molar-refractivity contribution < 1.29 is 18.0 Å². The van der Waals surface area contributed by atoms with E-state index in [1.807, 2.05) is 0 Å². The molecule has 2 heterocycles. The molecule has 0 unspecified atom stereocenters. The number of hydrogen-bond donors (Lipinski definition) is 1. The molecule has 1 aromatic carbocycles. The van der Waals surface area contributed by atoms with Gasteiger partial charge in [-0.05, 0) is 31.0 Å². The van der Waals surface area contributed by atoms with Gasteiger partial charge in [-0.3, -0.25) is 4.79 Å². The van der Waals surface area contributed by atoms with Crippen LogP contribution in [0.5, 0.6) is 0 Å². The third-order valence-corrected chi connectivity index (χ3v) is 4.60. The maximum absolute atomic E-state index is 13.0. The van der Waals surface area contributed by atoms with E-state index in [1.54, 1.807) is 4.90 Å². The molecule has 0 radical (unpaired) electrons. The van der Waals surface area contributed by atoms with Gasteiger partial charge in [-0.15, -0.1) is 0 Å². The van der Waals surface area contributed by atoms with Crippen LogP contribution in [0.2, 0.25) is 0 Å². The monoisotopic (exact) mass is 366 g/mol. The first kappa shape index (κ1) is 18.4. The number of likely N-dealkylation sites (tertiary alicyclic amines) is 1. The van der Waals surface area contributed by atoms with Crippen molar-refractivity contribution in [2.45, 2.75) is 44.8 Å². The van der Waals surface area contributed by atoms with E-state index >= 15 is 0 Å². The largest absolute Gasteiger partial charge is 0.416 e. The quantitative estimate of drug-likeness (QED) is 0.789. The Labute approximate surface area is 149 Å². The van der Waals surface area contributed by atoms with Crippen molar-refractivity contribution in [3.63, 3.8) is 0 Å². The first-order chi connectivity index (χ1) is 12.4. The molecule has 1 aromatic heterocycles. The van der Waals surface area contributed by atoms with E-state index < -0.39 is 17.8 Å². The fourth-order valence-electron chi connectivity index (χ4n) is 3.16. The van der Waals surface area contributed by atoms with Crippen LogP contribution in [0, 0.1) is 0 Å². The van der Waals surface area contributed by atoms with Gasteiger partial charge in [0.25, 0.3) is 0 Å². The Hall–Kier alpha value is -2.38. The average molecular weight is 366 g/mol. The molecule has 1 atom stereocenters. The Bertz CT molecular complexity index is 794. The molecule has 0 aliphatic carbocycles. The number of carbonyl (C=O) groups is 1. The van der Waals surface area contributed by atoms with Crippen molar-refractivity contribution in [2.75, 3.05) is 18.4 Å². The van der Waals surface area contributed by atoms with Crippen LogP contribution in [0.3, 0.4) is 0 Å². The number of halogens is 3. The summed E-state index contributed by atoms with van der Waals surface area (Å²) in [7, 11) is 0. The number of nitrogens with one attached hydrogen (secondary N) is 1. The Kier molecular flexibility index (Phi) is 5.29. The van der Waals surface area contributed by atoms with Crippen molar-refractivity contribution in [1.29, 1.82) is 0 Å². The zero-order valence-corrected chi connectivity index (χ0v) is 14.5. The van der Waals surface area contributed by atoms with Gasteiger partial charge in [0.05, 0.1) is 11.1 Å². The maximum atomic E-state index is 13.0. The number of carbonyl (C=O) groups excluding carboxylic acids is 1. The lowest BCUT2D eigenvalue weighted by atomic mass is 10.1. The molecule has 1 saturated heterocycles. The van der Waals surface area contributed by atoms with Crippen LogP contribution < -0.4 is 5.32 Å². The number of unbranched alkanes of at least 4 members (excludes halogenated alkanes) is 2. The summed E-state index contributed by atoms with van der Waals surface area (Å²) in [5, 5.41) is 3.29.